The van der Waals surface area contributed by atoms with E-state index in [1.807, 2.05) is 0 Å². The molecule has 466 valence electrons. The number of esters is 3. The number of rotatable bonds is 63. The number of hydrogen-bond acceptors (Lipinski definition) is 6. The van der Waals surface area contributed by atoms with Gasteiger partial charge in [-0.3, -0.25) is 14.4 Å². The summed E-state index contributed by atoms with van der Waals surface area (Å²) in [5, 5.41) is 0. The summed E-state index contributed by atoms with van der Waals surface area (Å²) >= 11 is 0. The van der Waals surface area contributed by atoms with Crippen molar-refractivity contribution in [1.29, 1.82) is 0 Å². The highest BCUT2D eigenvalue weighted by molar-refractivity contribution is 5.71. The summed E-state index contributed by atoms with van der Waals surface area (Å²) in [5.41, 5.74) is 0. The number of allylic oxidation sites excluding steroid dienone is 16. The Morgan fingerprint density at radius 2 is 0.481 bits per heavy atom. The lowest BCUT2D eigenvalue weighted by molar-refractivity contribution is -0.167. The molecular weight excluding hydrogens is 997 g/mol. The topological polar surface area (TPSA) is 78.9 Å². The zero-order valence-electron chi connectivity index (χ0n) is 53.5. The van der Waals surface area contributed by atoms with Gasteiger partial charge in [0, 0.05) is 19.3 Å². The van der Waals surface area contributed by atoms with Crippen molar-refractivity contribution in [2.75, 3.05) is 13.2 Å². The van der Waals surface area contributed by atoms with Crippen LogP contribution in [0.25, 0.3) is 0 Å². The third-order valence-electron chi connectivity index (χ3n) is 15.1. The van der Waals surface area contributed by atoms with Crippen LogP contribution in [0, 0.1) is 0 Å². The first kappa shape index (κ1) is 77.3. The van der Waals surface area contributed by atoms with Crippen molar-refractivity contribution < 1.29 is 28.6 Å². The molecule has 0 saturated carbocycles. The maximum atomic E-state index is 12.9. The normalized spacial score (nSPS) is 12.7. The minimum Gasteiger partial charge on any atom is -0.462 e. The summed E-state index contributed by atoms with van der Waals surface area (Å²) < 4.78 is 17.0. The smallest absolute Gasteiger partial charge is 0.306 e. The fraction of sp³-hybridized carbons (Fsp3) is 0.747. The van der Waals surface area contributed by atoms with Gasteiger partial charge in [0.1, 0.15) is 13.2 Å². The van der Waals surface area contributed by atoms with Crippen molar-refractivity contribution >= 4 is 17.9 Å². The summed E-state index contributed by atoms with van der Waals surface area (Å²) in [6.07, 6.45) is 92.8. The third kappa shape index (κ3) is 67.0. The van der Waals surface area contributed by atoms with E-state index >= 15 is 0 Å². The van der Waals surface area contributed by atoms with Crippen molar-refractivity contribution in [1.82, 2.24) is 0 Å². The fourth-order valence-electron chi connectivity index (χ4n) is 9.89. The molecule has 81 heavy (non-hydrogen) atoms. The summed E-state index contributed by atoms with van der Waals surface area (Å²) in [4.78, 5) is 38.4. The molecule has 0 aromatic heterocycles. The highest BCUT2D eigenvalue weighted by Crippen LogP contribution is 2.17. The molecule has 0 heterocycles. The van der Waals surface area contributed by atoms with E-state index in [-0.39, 0.29) is 31.1 Å². The van der Waals surface area contributed by atoms with Gasteiger partial charge in [0.05, 0.1) is 0 Å². The molecule has 0 aromatic carbocycles. The van der Waals surface area contributed by atoms with Gasteiger partial charge in [-0.2, -0.15) is 0 Å². The molecule has 1 unspecified atom stereocenters. The van der Waals surface area contributed by atoms with E-state index in [1.54, 1.807) is 0 Å². The Bertz CT molecular complexity index is 1580. The number of hydrogen-bond donors (Lipinski definition) is 0. The zero-order chi connectivity index (χ0) is 58.5. The van der Waals surface area contributed by atoms with Gasteiger partial charge in [0.2, 0.25) is 0 Å². The predicted octanol–water partition coefficient (Wildman–Crippen LogP) is 24.0. The maximum Gasteiger partial charge on any atom is 0.306 e. The molecule has 0 radical (unpaired) electrons. The lowest BCUT2D eigenvalue weighted by Crippen LogP contribution is -2.30. The van der Waals surface area contributed by atoms with E-state index in [9.17, 15) is 14.4 Å². The average molecular weight is 1130 g/mol. The lowest BCUT2D eigenvalue weighted by Gasteiger charge is -2.18. The number of unbranched alkanes of at least 4 members (excludes halogenated alkanes) is 36. The molecule has 6 heteroatoms. The molecule has 0 fully saturated rings. The van der Waals surface area contributed by atoms with Crippen LogP contribution in [0.3, 0.4) is 0 Å². The van der Waals surface area contributed by atoms with Gasteiger partial charge in [0.25, 0.3) is 0 Å². The van der Waals surface area contributed by atoms with Crippen LogP contribution in [0.2, 0.25) is 0 Å². The van der Waals surface area contributed by atoms with Gasteiger partial charge >= 0.3 is 17.9 Å². The first-order valence-electron chi connectivity index (χ1n) is 34.7. The second-order valence-corrected chi connectivity index (χ2v) is 23.1. The van der Waals surface area contributed by atoms with E-state index in [4.69, 9.17) is 14.2 Å². The minimum atomic E-state index is -0.783. The van der Waals surface area contributed by atoms with Gasteiger partial charge < -0.3 is 14.2 Å². The van der Waals surface area contributed by atoms with Crippen LogP contribution in [-0.4, -0.2) is 37.2 Å². The van der Waals surface area contributed by atoms with Crippen LogP contribution in [0.5, 0.6) is 0 Å². The third-order valence-corrected chi connectivity index (χ3v) is 15.1. The Labute approximate surface area is 502 Å². The van der Waals surface area contributed by atoms with Gasteiger partial charge in [-0.25, -0.2) is 0 Å². The van der Waals surface area contributed by atoms with Crippen molar-refractivity contribution in [3.8, 4) is 0 Å². The van der Waals surface area contributed by atoms with Crippen molar-refractivity contribution in [3.05, 3.63) is 97.2 Å². The molecule has 0 aliphatic rings. The van der Waals surface area contributed by atoms with Crippen LogP contribution in [-0.2, 0) is 28.6 Å². The lowest BCUT2D eigenvalue weighted by atomic mass is 10.0. The SMILES string of the molecule is CC/C=C\C/C=C\C/C=C\C/C=C\C/C=C\CCCCCCCCCCCCCCCCCC(=O)OCC(COC(=O)CCCCCCCCCCCCCCC)OC(=O)CCCCCCCC/C=C\C/C=C\C/C=C\CCCCC. The first-order valence-corrected chi connectivity index (χ1v) is 34.7. The number of ether oxygens (including phenoxy) is 3. The van der Waals surface area contributed by atoms with Crippen molar-refractivity contribution in [3.63, 3.8) is 0 Å². The fourth-order valence-corrected chi connectivity index (χ4v) is 9.89. The molecule has 0 spiro atoms. The summed E-state index contributed by atoms with van der Waals surface area (Å²) in [7, 11) is 0. The maximum absolute atomic E-state index is 12.9. The average Bonchev–Trinajstić information content (AvgIpc) is 3.46. The molecule has 0 amide bonds. The van der Waals surface area contributed by atoms with Gasteiger partial charge in [-0.05, 0) is 103 Å². The van der Waals surface area contributed by atoms with E-state index in [1.165, 1.54) is 186 Å². The zero-order valence-corrected chi connectivity index (χ0v) is 53.5. The largest absolute Gasteiger partial charge is 0.462 e. The number of carbonyl (C=O) groups is 3. The highest BCUT2D eigenvalue weighted by atomic mass is 16.6. The Hall–Kier alpha value is -3.67. The highest BCUT2D eigenvalue weighted by Gasteiger charge is 2.19. The quantitative estimate of drug-likeness (QED) is 0.0261. The molecule has 0 aliphatic carbocycles. The molecule has 0 rings (SSSR count). The van der Waals surface area contributed by atoms with Crippen LogP contribution in [0.1, 0.15) is 342 Å². The van der Waals surface area contributed by atoms with Crippen molar-refractivity contribution in [2.24, 2.45) is 0 Å². The second-order valence-electron chi connectivity index (χ2n) is 23.1. The molecule has 1 atom stereocenters. The number of carbonyl (C=O) groups excluding carboxylic acids is 3. The van der Waals surface area contributed by atoms with Crippen LogP contribution < -0.4 is 0 Å². The Balaban J connectivity index is 4.24. The van der Waals surface area contributed by atoms with E-state index in [0.717, 1.165) is 116 Å². The predicted molar refractivity (Wildman–Crippen MR) is 353 cm³/mol. The molecule has 0 N–H and O–H groups in total. The van der Waals surface area contributed by atoms with E-state index in [2.05, 4.69) is 118 Å². The second kappa shape index (κ2) is 68.8. The van der Waals surface area contributed by atoms with E-state index in [0.29, 0.717) is 19.3 Å². The molecule has 0 saturated heterocycles. The Kier molecular flexibility index (Phi) is 65.7. The molecule has 0 bridgehead atoms. The van der Waals surface area contributed by atoms with Gasteiger partial charge in [-0.1, -0.05) is 317 Å². The summed E-state index contributed by atoms with van der Waals surface area (Å²) in [6.45, 7) is 6.53. The van der Waals surface area contributed by atoms with Gasteiger partial charge in [0.15, 0.2) is 6.10 Å². The van der Waals surface area contributed by atoms with Crippen LogP contribution >= 0.6 is 0 Å². The standard InChI is InChI=1S/C75H130O6/c1-4-7-10-13-16-19-22-25-27-29-31-32-33-34-35-36-37-38-39-40-41-42-44-45-47-50-53-56-59-62-65-68-74(77)80-71-72(70-79-73(76)67-64-61-58-55-52-49-24-21-18-15-12-9-6-3)81-75(78)69-66-63-60-57-54-51-48-46-43-30-28-26-23-20-17-14-11-8-5-2/h7,10,16-17,19-20,25-28,31-32,34-35,43,46,72H,4-6,8-9,11-15,18,21-24,29-30,33,36-42,44-45,47-71H2,1-3H3/b10-7-,19-16-,20-17-,27-25-,28-26-,32-31-,35-34-,46-43-. The molecule has 0 aliphatic heterocycles. The molecular formula is C75H130O6. The van der Waals surface area contributed by atoms with E-state index < -0.39 is 6.10 Å². The van der Waals surface area contributed by atoms with Crippen LogP contribution in [0.4, 0.5) is 0 Å². The minimum absolute atomic E-state index is 0.0783. The molecule has 6 nitrogen and oxygen atoms in total. The van der Waals surface area contributed by atoms with Crippen LogP contribution in [0.15, 0.2) is 97.2 Å². The Morgan fingerprint density at radius 1 is 0.259 bits per heavy atom. The van der Waals surface area contributed by atoms with Crippen molar-refractivity contribution in [2.45, 2.75) is 348 Å². The summed E-state index contributed by atoms with van der Waals surface area (Å²) in [5.74, 6) is -0.875. The van der Waals surface area contributed by atoms with Gasteiger partial charge in [-0.15, -0.1) is 0 Å². The molecule has 0 aromatic rings. The summed E-state index contributed by atoms with van der Waals surface area (Å²) in [6, 6.07) is 0. The first-order chi connectivity index (χ1) is 40.0. The Morgan fingerprint density at radius 3 is 0.778 bits per heavy atom. The monoisotopic (exact) mass is 1130 g/mol.